The second kappa shape index (κ2) is 4.12. The molecule has 5 nitrogen and oxygen atoms in total. The maximum absolute atomic E-state index is 5.77. The predicted molar refractivity (Wildman–Crippen MR) is 67.9 cm³/mol. The Morgan fingerprint density at radius 1 is 1.39 bits per heavy atom. The van der Waals surface area contributed by atoms with Gasteiger partial charge in [0.25, 0.3) is 0 Å². The van der Waals surface area contributed by atoms with E-state index in [2.05, 4.69) is 31.9 Å². The molecule has 3 heterocycles. The second-order valence-electron chi connectivity index (χ2n) is 4.09. The van der Waals surface area contributed by atoms with Crippen LogP contribution in [0.1, 0.15) is 5.69 Å². The molecule has 0 aliphatic carbocycles. The van der Waals surface area contributed by atoms with Crippen LogP contribution in [-0.2, 0) is 24.0 Å². The van der Waals surface area contributed by atoms with Gasteiger partial charge in [-0.3, -0.25) is 0 Å². The van der Waals surface area contributed by atoms with Crippen LogP contribution in [0, 0.1) is 0 Å². The number of aromatic nitrogens is 4. The molecule has 0 radical (unpaired) electrons. The van der Waals surface area contributed by atoms with Crippen LogP contribution in [0.5, 0.6) is 0 Å². The predicted octanol–water partition coefficient (Wildman–Crippen LogP) is 1.24. The van der Waals surface area contributed by atoms with Gasteiger partial charge in [0, 0.05) is 0 Å². The van der Waals surface area contributed by atoms with E-state index in [1.165, 1.54) is 0 Å². The fraction of sp³-hybridized carbons (Fsp3) is 0.0833. The normalized spacial score (nSPS) is 10.9. The van der Waals surface area contributed by atoms with Crippen molar-refractivity contribution in [2.45, 2.75) is 0 Å². The molecule has 0 bridgehead atoms. The Hall–Kier alpha value is -1.85. The molecule has 89 valence electrons. The van der Waals surface area contributed by atoms with E-state index in [1.54, 1.807) is 0 Å². The van der Waals surface area contributed by atoms with Gasteiger partial charge in [0.05, 0.1) is 0 Å². The number of nitrogens with two attached hydrogens (primary N) is 1. The van der Waals surface area contributed by atoms with E-state index < -0.39 is 0 Å². The van der Waals surface area contributed by atoms with Gasteiger partial charge in [-0.25, -0.2) is 0 Å². The van der Waals surface area contributed by atoms with Crippen LogP contribution in [0.2, 0.25) is 0 Å². The van der Waals surface area contributed by atoms with E-state index in [0.717, 1.165) is 28.4 Å². The topological polar surface area (TPSA) is 72.5 Å². The summed E-state index contributed by atoms with van der Waals surface area (Å²) in [5, 5.41) is 0. The average Bonchev–Trinajstić information content (AvgIpc) is 2.90. The summed E-state index contributed by atoms with van der Waals surface area (Å²) in [5.74, 6) is 0.777. The minimum absolute atomic E-state index is 0.713. The molecule has 0 atom stereocenters. The van der Waals surface area contributed by atoms with E-state index in [4.69, 9.17) is 5.73 Å². The molecule has 0 saturated carbocycles. The van der Waals surface area contributed by atoms with Crippen LogP contribution < -0.4 is 5.73 Å². The summed E-state index contributed by atoms with van der Waals surface area (Å²) >= 11 is 2.39. The first kappa shape index (κ1) is 11.3. The number of nitrogens with zero attached hydrogens (tertiary/aromatic N) is 3. The number of pyridine rings is 1. The fourth-order valence-corrected chi connectivity index (χ4v) is 2.15. The summed E-state index contributed by atoms with van der Waals surface area (Å²) in [4.78, 5) is 12.2. The molecular weight excluding hydrogens is 265 g/mol. The van der Waals surface area contributed by atoms with Crippen molar-refractivity contribution in [1.82, 2.24) is 19.5 Å². The van der Waals surface area contributed by atoms with E-state index in [0.29, 0.717) is 5.65 Å². The average molecular weight is 276 g/mol. The van der Waals surface area contributed by atoms with Gasteiger partial charge in [0.1, 0.15) is 0 Å². The molecule has 18 heavy (non-hydrogen) atoms. The van der Waals surface area contributed by atoms with Crippen LogP contribution in [0.3, 0.4) is 0 Å². The third kappa shape index (κ3) is 1.77. The van der Waals surface area contributed by atoms with E-state index in [9.17, 15) is 0 Å². The Kier molecular flexibility index (Phi) is 2.57. The van der Waals surface area contributed by atoms with Crippen LogP contribution >= 0.6 is 0 Å². The summed E-state index contributed by atoms with van der Waals surface area (Å²) in [6, 6.07) is 5.81. The van der Waals surface area contributed by atoms with Crippen molar-refractivity contribution in [2.24, 2.45) is 7.05 Å². The molecule has 0 saturated heterocycles. The number of rotatable bonds is 2. The third-order valence-corrected chi connectivity index (χ3v) is 3.18. The standard InChI is InChI=1S/C12H11N5.V/c1-7-3-4-9-11(14-7)16-12(15-9)10-5-8(13)6-17(10)2;/h1,3-6H,13H2,2H3,(H,14,15,16);. The number of nitrogens with one attached hydrogen (secondary N) is 1. The Labute approximate surface area is 113 Å². The number of nitrogen functional groups attached to an aromatic ring is 1. The Balaban J connectivity index is 2.18. The first-order valence-corrected chi connectivity index (χ1v) is 6.24. The monoisotopic (exact) mass is 276 g/mol. The molecule has 3 aromatic heterocycles. The molecule has 3 rings (SSSR count). The van der Waals surface area contributed by atoms with Crippen LogP contribution in [-0.4, -0.2) is 24.2 Å². The summed E-state index contributed by atoms with van der Waals surface area (Å²) in [7, 11) is 1.94. The van der Waals surface area contributed by atoms with Gasteiger partial charge in [0.2, 0.25) is 0 Å². The van der Waals surface area contributed by atoms with Gasteiger partial charge in [-0.2, -0.15) is 0 Å². The van der Waals surface area contributed by atoms with Crippen molar-refractivity contribution in [2.75, 3.05) is 5.73 Å². The molecule has 0 aliphatic rings. The van der Waals surface area contributed by atoms with Crippen molar-refractivity contribution in [3.05, 3.63) is 30.1 Å². The van der Waals surface area contributed by atoms with E-state index in [1.807, 2.05) is 40.7 Å². The van der Waals surface area contributed by atoms with Crippen LogP contribution in [0.25, 0.3) is 22.7 Å². The van der Waals surface area contributed by atoms with E-state index >= 15 is 0 Å². The van der Waals surface area contributed by atoms with Crippen molar-refractivity contribution >= 4 is 21.6 Å². The summed E-state index contributed by atoms with van der Waals surface area (Å²) in [6.45, 7) is 0. The van der Waals surface area contributed by atoms with Gasteiger partial charge < -0.3 is 0 Å². The molecule has 0 aromatic carbocycles. The summed E-state index contributed by atoms with van der Waals surface area (Å²) < 4.78 is 3.83. The number of aryl methyl sites for hydroxylation is 1. The first-order valence-electron chi connectivity index (χ1n) is 5.44. The molecule has 0 aliphatic heterocycles. The maximum atomic E-state index is 5.77. The van der Waals surface area contributed by atoms with Gasteiger partial charge in [-0.05, 0) is 0 Å². The zero-order valence-corrected chi connectivity index (χ0v) is 11.1. The quantitative estimate of drug-likeness (QED) is 0.739. The van der Waals surface area contributed by atoms with Gasteiger partial charge in [-0.15, -0.1) is 0 Å². The SMILES string of the molecule is Cn1cc(N)cc1-c1nc2nc([CH]=[V])ccc2[nH]1. The van der Waals surface area contributed by atoms with Gasteiger partial charge >= 0.3 is 112 Å². The number of hydrogen-bond donors (Lipinski definition) is 2. The first-order chi connectivity index (χ1) is 8.67. The molecule has 3 aromatic rings. The number of aromatic amines is 1. The Morgan fingerprint density at radius 2 is 2.22 bits per heavy atom. The van der Waals surface area contributed by atoms with Gasteiger partial charge in [0.15, 0.2) is 0 Å². The number of imidazole rings is 1. The van der Waals surface area contributed by atoms with Crippen molar-refractivity contribution < 1.29 is 17.0 Å². The van der Waals surface area contributed by atoms with Crippen molar-refractivity contribution in [3.8, 4) is 11.5 Å². The molecule has 0 fully saturated rings. The molecule has 3 N–H and O–H groups in total. The second-order valence-corrected chi connectivity index (χ2v) is 4.49. The van der Waals surface area contributed by atoms with Crippen molar-refractivity contribution in [3.63, 3.8) is 0 Å². The molecule has 6 heteroatoms. The van der Waals surface area contributed by atoms with Crippen LogP contribution in [0.15, 0.2) is 24.4 Å². The number of H-pyrrole nitrogens is 1. The van der Waals surface area contributed by atoms with Gasteiger partial charge in [-0.1, -0.05) is 0 Å². The molecular formula is C12H11N5V. The van der Waals surface area contributed by atoms with E-state index in [-0.39, 0.29) is 0 Å². The summed E-state index contributed by atoms with van der Waals surface area (Å²) in [5.41, 5.74) is 9.97. The number of anilines is 1. The molecule has 0 unspecified atom stereocenters. The third-order valence-electron chi connectivity index (χ3n) is 2.77. The Bertz CT molecular complexity index is 740. The minimum atomic E-state index is 0.713. The zero-order chi connectivity index (χ0) is 12.7. The molecule has 0 spiro atoms. The Morgan fingerprint density at radius 3 is 2.89 bits per heavy atom. The van der Waals surface area contributed by atoms with Crippen LogP contribution in [0.4, 0.5) is 5.69 Å². The number of hydrogen-bond acceptors (Lipinski definition) is 3. The zero-order valence-electron chi connectivity index (χ0n) is 9.75. The fourth-order valence-electron chi connectivity index (χ4n) is 1.93. The number of fused-ring (bicyclic) bond motifs is 1. The summed E-state index contributed by atoms with van der Waals surface area (Å²) in [6.07, 6.45) is 1.86. The van der Waals surface area contributed by atoms with Crippen molar-refractivity contribution in [1.29, 1.82) is 0 Å². The molecule has 0 amide bonds.